The summed E-state index contributed by atoms with van der Waals surface area (Å²) in [6, 6.07) is 12.1. The fourth-order valence-electron chi connectivity index (χ4n) is 2.99. The van der Waals surface area contributed by atoms with Gasteiger partial charge in [-0.25, -0.2) is 15.0 Å². The number of phenolic OH excluding ortho intramolecular Hbond substituents is 1. The molecule has 0 atom stereocenters. The second-order valence-electron chi connectivity index (χ2n) is 6.17. The zero-order valence-electron chi connectivity index (χ0n) is 15.3. The number of thioether (sulfide) groups is 1. The number of benzene rings is 2. The van der Waals surface area contributed by atoms with E-state index in [0.29, 0.717) is 27.8 Å². The molecule has 0 saturated carbocycles. The van der Waals surface area contributed by atoms with Crippen LogP contribution in [0.2, 0.25) is 10.0 Å². The summed E-state index contributed by atoms with van der Waals surface area (Å²) in [6.07, 6.45) is 3.50. The monoisotopic (exact) mass is 570 g/mol. The van der Waals surface area contributed by atoms with Crippen LogP contribution in [0.1, 0.15) is 0 Å². The molecule has 0 aliphatic rings. The van der Waals surface area contributed by atoms with Crippen molar-refractivity contribution in [3.05, 3.63) is 62.3 Å². The van der Waals surface area contributed by atoms with Crippen LogP contribution in [0.5, 0.6) is 5.75 Å². The molecule has 30 heavy (non-hydrogen) atoms. The lowest BCUT2D eigenvalue weighted by Crippen LogP contribution is -2.00. The lowest BCUT2D eigenvalue weighted by molar-refractivity contribution is 0.195. The Morgan fingerprint density at radius 2 is 1.80 bits per heavy atom. The van der Waals surface area contributed by atoms with Gasteiger partial charge in [0.05, 0.1) is 21.3 Å². The molecule has 0 amide bonds. The average Bonchev–Trinajstić information content (AvgIpc) is 3.04. The van der Waals surface area contributed by atoms with Crippen molar-refractivity contribution in [1.29, 1.82) is 0 Å². The van der Waals surface area contributed by atoms with Gasteiger partial charge in [0.1, 0.15) is 17.1 Å². The fraction of sp³-hybridized carbons (Fsp3) is 0.0500. The minimum atomic E-state index is -0.0803. The maximum Gasteiger partial charge on any atom is 0.187 e. The van der Waals surface area contributed by atoms with E-state index in [1.807, 2.05) is 30.5 Å². The first-order valence-corrected chi connectivity index (χ1v) is 11.6. The maximum atomic E-state index is 11.1. The van der Waals surface area contributed by atoms with Crippen LogP contribution in [0.25, 0.3) is 34.0 Å². The average molecular weight is 571 g/mol. The molecule has 0 fully saturated rings. The van der Waals surface area contributed by atoms with Crippen LogP contribution in [-0.2, 0) is 0 Å². The SMILES string of the molecule is CSc1nccc(-c2c(-c3cccc(I)c3)nc(-c3c(Cl)cc(O)cc3Cl)n2O)n1. The van der Waals surface area contributed by atoms with Gasteiger partial charge in [0, 0.05) is 15.3 Å². The van der Waals surface area contributed by atoms with Gasteiger partial charge < -0.3 is 10.3 Å². The third-order valence-electron chi connectivity index (χ3n) is 4.26. The first-order chi connectivity index (χ1) is 14.4. The zero-order valence-corrected chi connectivity index (χ0v) is 19.8. The highest BCUT2D eigenvalue weighted by Crippen LogP contribution is 2.41. The first-order valence-electron chi connectivity index (χ1n) is 8.52. The van der Waals surface area contributed by atoms with Gasteiger partial charge in [-0.2, -0.15) is 4.73 Å². The van der Waals surface area contributed by atoms with Crippen LogP contribution in [0.15, 0.2) is 53.8 Å². The Morgan fingerprint density at radius 3 is 2.47 bits per heavy atom. The van der Waals surface area contributed by atoms with E-state index < -0.39 is 0 Å². The number of rotatable bonds is 4. The maximum absolute atomic E-state index is 11.1. The van der Waals surface area contributed by atoms with Gasteiger partial charge in [0.2, 0.25) is 0 Å². The first kappa shape index (κ1) is 21.2. The summed E-state index contributed by atoms with van der Waals surface area (Å²) in [5.41, 5.74) is 2.48. The molecule has 0 bridgehead atoms. The molecule has 0 aliphatic heterocycles. The molecule has 0 aliphatic carbocycles. The van der Waals surface area contributed by atoms with Gasteiger partial charge in [-0.3, -0.25) is 0 Å². The normalized spacial score (nSPS) is 11.1. The fourth-order valence-corrected chi connectivity index (χ4v) is 4.53. The molecule has 0 radical (unpaired) electrons. The summed E-state index contributed by atoms with van der Waals surface area (Å²) in [5, 5.41) is 21.8. The third kappa shape index (κ3) is 3.96. The molecule has 0 saturated heterocycles. The van der Waals surface area contributed by atoms with E-state index in [-0.39, 0.29) is 21.6 Å². The van der Waals surface area contributed by atoms with Crippen molar-refractivity contribution in [3.63, 3.8) is 0 Å². The van der Waals surface area contributed by atoms with Crippen molar-refractivity contribution in [2.75, 3.05) is 6.26 Å². The van der Waals surface area contributed by atoms with Crippen LogP contribution in [-0.4, -0.2) is 36.3 Å². The molecule has 2 N–H and O–H groups in total. The summed E-state index contributed by atoms with van der Waals surface area (Å²) in [7, 11) is 0. The Kier molecular flexibility index (Phi) is 6.10. The van der Waals surface area contributed by atoms with Crippen molar-refractivity contribution in [1.82, 2.24) is 19.7 Å². The van der Waals surface area contributed by atoms with E-state index in [4.69, 9.17) is 23.2 Å². The van der Waals surface area contributed by atoms with Crippen LogP contribution in [0, 0.1) is 3.57 Å². The highest BCUT2D eigenvalue weighted by Gasteiger charge is 2.25. The molecular weight excluding hydrogens is 558 g/mol. The molecular formula is C20H13Cl2IN4O2S. The second kappa shape index (κ2) is 8.62. The number of nitrogens with zero attached hydrogens (tertiary/aromatic N) is 4. The molecule has 4 aromatic rings. The van der Waals surface area contributed by atoms with Crippen molar-refractivity contribution < 1.29 is 10.3 Å². The lowest BCUT2D eigenvalue weighted by atomic mass is 10.1. The lowest BCUT2D eigenvalue weighted by Gasteiger charge is -2.09. The summed E-state index contributed by atoms with van der Waals surface area (Å²) in [5.74, 6) is 0.0569. The Balaban J connectivity index is 2.04. The number of aromatic hydroxyl groups is 1. The van der Waals surface area contributed by atoms with E-state index in [1.54, 1.807) is 12.3 Å². The summed E-state index contributed by atoms with van der Waals surface area (Å²) in [4.78, 5) is 13.4. The van der Waals surface area contributed by atoms with Gasteiger partial charge in [-0.05, 0) is 59.2 Å². The molecule has 2 aromatic heterocycles. The van der Waals surface area contributed by atoms with Gasteiger partial charge in [0.15, 0.2) is 11.0 Å². The van der Waals surface area contributed by atoms with Crippen LogP contribution < -0.4 is 0 Å². The summed E-state index contributed by atoms with van der Waals surface area (Å²) in [6.45, 7) is 0. The molecule has 10 heteroatoms. The number of hydrogen-bond acceptors (Lipinski definition) is 6. The van der Waals surface area contributed by atoms with E-state index >= 15 is 0 Å². The Bertz CT molecular complexity index is 1240. The molecule has 0 spiro atoms. The molecule has 152 valence electrons. The van der Waals surface area contributed by atoms with Gasteiger partial charge in [0.25, 0.3) is 0 Å². The molecule has 0 unspecified atom stereocenters. The molecule has 2 aromatic carbocycles. The Hall–Kier alpha value is -2.01. The Morgan fingerprint density at radius 1 is 1.07 bits per heavy atom. The summed E-state index contributed by atoms with van der Waals surface area (Å²) >= 11 is 16.3. The zero-order chi connectivity index (χ0) is 21.4. The Labute approximate surface area is 200 Å². The number of halogens is 3. The standard InChI is InChI=1S/C20H13Cl2IN4O2S/c1-30-20-24-6-5-15(25-20)18-17(10-3-2-4-11(23)7-10)26-19(27(18)29)16-13(21)8-12(28)9-14(16)22/h2-9,28-29H,1H3. The van der Waals surface area contributed by atoms with E-state index in [1.165, 1.54) is 23.9 Å². The molecule has 2 heterocycles. The van der Waals surface area contributed by atoms with Crippen molar-refractivity contribution in [2.24, 2.45) is 0 Å². The number of hydrogen-bond donors (Lipinski definition) is 2. The van der Waals surface area contributed by atoms with Crippen LogP contribution in [0.3, 0.4) is 0 Å². The minimum Gasteiger partial charge on any atom is -0.508 e. The quantitative estimate of drug-likeness (QED) is 0.131. The number of imidazole rings is 1. The van der Waals surface area contributed by atoms with Crippen LogP contribution >= 0.6 is 57.6 Å². The predicted molar refractivity (Wildman–Crippen MR) is 127 cm³/mol. The topological polar surface area (TPSA) is 84.1 Å². The second-order valence-corrected chi connectivity index (χ2v) is 9.00. The highest BCUT2D eigenvalue weighted by molar-refractivity contribution is 14.1. The van der Waals surface area contributed by atoms with Crippen molar-refractivity contribution in [3.8, 4) is 39.8 Å². The van der Waals surface area contributed by atoms with Gasteiger partial charge in [-0.15, -0.1) is 0 Å². The van der Waals surface area contributed by atoms with Gasteiger partial charge >= 0.3 is 0 Å². The smallest absolute Gasteiger partial charge is 0.187 e. The van der Waals surface area contributed by atoms with Crippen molar-refractivity contribution in [2.45, 2.75) is 5.16 Å². The van der Waals surface area contributed by atoms with E-state index in [9.17, 15) is 10.3 Å². The molecule has 6 nitrogen and oxygen atoms in total. The largest absolute Gasteiger partial charge is 0.508 e. The van der Waals surface area contributed by atoms with Crippen LogP contribution in [0.4, 0.5) is 0 Å². The van der Waals surface area contributed by atoms with Crippen molar-refractivity contribution >= 4 is 57.6 Å². The summed E-state index contributed by atoms with van der Waals surface area (Å²) < 4.78 is 1.93. The van der Waals surface area contributed by atoms with E-state index in [0.717, 1.165) is 13.9 Å². The highest BCUT2D eigenvalue weighted by atomic mass is 127. The van der Waals surface area contributed by atoms with Gasteiger partial charge in [-0.1, -0.05) is 47.1 Å². The third-order valence-corrected chi connectivity index (χ3v) is 6.09. The minimum absolute atomic E-state index is 0.0803. The molecule has 4 rings (SSSR count). The van der Waals surface area contributed by atoms with E-state index in [2.05, 4.69) is 37.5 Å². The predicted octanol–water partition coefficient (Wildman–Crippen LogP) is 6.25. The number of aromatic nitrogens is 4. The number of phenols is 1.